The quantitative estimate of drug-likeness (QED) is 0.237. The second-order valence-electron chi connectivity index (χ2n) is 8.63. The highest BCUT2D eigenvalue weighted by Crippen LogP contribution is 2.34. The smallest absolute Gasteiger partial charge is 0.291 e. The molecule has 0 aliphatic rings. The number of benzene rings is 3. The molecule has 5 aromatic rings. The first kappa shape index (κ1) is 24.1. The maximum atomic E-state index is 12.9. The Morgan fingerprint density at radius 2 is 1.75 bits per heavy atom. The van der Waals surface area contributed by atoms with Crippen LogP contribution in [0.2, 0.25) is 10.0 Å². The van der Waals surface area contributed by atoms with Gasteiger partial charge in [0.15, 0.2) is 5.76 Å². The van der Waals surface area contributed by atoms with Crippen molar-refractivity contribution in [2.75, 3.05) is 5.32 Å². The molecule has 3 aromatic carbocycles. The number of fused-ring (bicyclic) bond motifs is 1. The van der Waals surface area contributed by atoms with Gasteiger partial charge in [-0.2, -0.15) is 4.80 Å². The van der Waals surface area contributed by atoms with Gasteiger partial charge in [0.05, 0.1) is 15.7 Å². The Bertz CT molecular complexity index is 1550. The first-order valence-corrected chi connectivity index (χ1v) is 12.5. The molecule has 0 bridgehead atoms. The summed E-state index contributed by atoms with van der Waals surface area (Å²) in [5.74, 6) is 0.243. The van der Waals surface area contributed by atoms with Gasteiger partial charge in [-0.25, -0.2) is 0 Å². The minimum Gasteiger partial charge on any atom is -0.451 e. The van der Waals surface area contributed by atoms with Crippen molar-refractivity contribution in [1.29, 1.82) is 0 Å². The van der Waals surface area contributed by atoms with Crippen molar-refractivity contribution in [1.82, 2.24) is 15.0 Å². The molecule has 0 saturated heterocycles. The molecule has 0 atom stereocenters. The largest absolute Gasteiger partial charge is 0.451 e. The molecule has 0 unspecified atom stereocenters. The molecule has 0 aliphatic heterocycles. The molecule has 2 aromatic heterocycles. The molecule has 2 heterocycles. The topological polar surface area (TPSA) is 73.0 Å². The summed E-state index contributed by atoms with van der Waals surface area (Å²) < 4.78 is 5.78. The van der Waals surface area contributed by atoms with Crippen molar-refractivity contribution in [3.05, 3.63) is 93.7 Å². The predicted molar refractivity (Wildman–Crippen MR) is 144 cm³/mol. The van der Waals surface area contributed by atoms with Gasteiger partial charge in [0.1, 0.15) is 16.8 Å². The monoisotopic (exact) mass is 518 g/mol. The van der Waals surface area contributed by atoms with Crippen LogP contribution in [0.15, 0.2) is 71.1 Å². The highest BCUT2D eigenvalue weighted by molar-refractivity contribution is 6.43. The van der Waals surface area contributed by atoms with Crippen LogP contribution in [-0.2, 0) is 6.42 Å². The lowest BCUT2D eigenvalue weighted by Gasteiger charge is -2.07. The Kier molecular flexibility index (Phi) is 6.81. The molecule has 6 nitrogen and oxygen atoms in total. The number of hydrogen-bond acceptors (Lipinski definition) is 4. The van der Waals surface area contributed by atoms with E-state index in [1.54, 1.807) is 35.1 Å². The summed E-state index contributed by atoms with van der Waals surface area (Å²) in [4.78, 5) is 14.5. The first-order valence-electron chi connectivity index (χ1n) is 11.8. The van der Waals surface area contributed by atoms with Gasteiger partial charge in [-0.15, -0.1) is 10.2 Å². The third-order valence-electron chi connectivity index (χ3n) is 6.01. The molecule has 0 fully saturated rings. The van der Waals surface area contributed by atoms with E-state index in [-0.39, 0.29) is 11.7 Å². The minimum absolute atomic E-state index is 0.160. The number of hydrogen-bond donors (Lipinski definition) is 1. The lowest BCUT2D eigenvalue weighted by Crippen LogP contribution is -2.11. The highest BCUT2D eigenvalue weighted by Gasteiger charge is 2.17. The number of carbonyl (C=O) groups excluding carboxylic acids is 1. The molecular formula is C28H24Cl2N4O2. The summed E-state index contributed by atoms with van der Waals surface area (Å²) in [6.45, 7) is 4.10. The summed E-state index contributed by atoms with van der Waals surface area (Å²) in [5.41, 5.74) is 5.73. The summed E-state index contributed by atoms with van der Waals surface area (Å²) >= 11 is 12.4. The van der Waals surface area contributed by atoms with Gasteiger partial charge in [-0.05, 0) is 79.4 Å². The SMILES string of the molecule is CCCCc1ccc(-n2nc3cc(C)c(NC(=O)c4ccc(-c5cccc(Cl)c5Cl)o4)cc3n2)cc1. The number of rotatable bonds is 7. The number of halogens is 2. The minimum atomic E-state index is -0.378. The Hall–Kier alpha value is -3.61. The number of nitrogens with one attached hydrogen (secondary N) is 1. The zero-order valence-electron chi connectivity index (χ0n) is 19.9. The molecule has 1 amide bonds. The average Bonchev–Trinajstić information content (AvgIpc) is 3.52. The zero-order chi connectivity index (χ0) is 25.2. The summed E-state index contributed by atoms with van der Waals surface area (Å²) in [5, 5.41) is 12.9. The average molecular weight is 519 g/mol. The summed E-state index contributed by atoms with van der Waals surface area (Å²) in [6.07, 6.45) is 3.41. The Morgan fingerprint density at radius 3 is 2.50 bits per heavy atom. The lowest BCUT2D eigenvalue weighted by atomic mass is 10.1. The van der Waals surface area contributed by atoms with Crippen molar-refractivity contribution < 1.29 is 9.21 Å². The van der Waals surface area contributed by atoms with E-state index in [0.717, 1.165) is 23.2 Å². The molecule has 0 aliphatic carbocycles. The van der Waals surface area contributed by atoms with Crippen molar-refractivity contribution in [3.8, 4) is 17.0 Å². The van der Waals surface area contributed by atoms with Crippen LogP contribution in [-0.4, -0.2) is 20.9 Å². The van der Waals surface area contributed by atoms with E-state index in [1.807, 2.05) is 31.2 Å². The van der Waals surface area contributed by atoms with E-state index in [1.165, 1.54) is 18.4 Å². The highest BCUT2D eigenvalue weighted by atomic mass is 35.5. The van der Waals surface area contributed by atoms with Gasteiger partial charge >= 0.3 is 0 Å². The fourth-order valence-electron chi connectivity index (χ4n) is 3.98. The van der Waals surface area contributed by atoms with Crippen molar-refractivity contribution in [2.24, 2.45) is 0 Å². The number of amides is 1. The van der Waals surface area contributed by atoms with Gasteiger partial charge in [0.25, 0.3) is 5.91 Å². The van der Waals surface area contributed by atoms with Gasteiger partial charge in [0, 0.05) is 11.3 Å². The third-order valence-corrected chi connectivity index (χ3v) is 6.83. The normalized spacial score (nSPS) is 11.2. The van der Waals surface area contributed by atoms with E-state index in [2.05, 4.69) is 34.6 Å². The molecule has 36 heavy (non-hydrogen) atoms. The number of unbranched alkanes of at least 4 members (excludes halogenated alkanes) is 1. The van der Waals surface area contributed by atoms with Gasteiger partial charge in [-0.3, -0.25) is 4.79 Å². The lowest BCUT2D eigenvalue weighted by molar-refractivity contribution is 0.0997. The molecule has 5 rings (SSSR count). The summed E-state index contributed by atoms with van der Waals surface area (Å²) in [7, 11) is 0. The van der Waals surface area contributed by atoms with Crippen LogP contribution < -0.4 is 5.32 Å². The van der Waals surface area contributed by atoms with E-state index in [9.17, 15) is 4.79 Å². The van der Waals surface area contributed by atoms with Crippen LogP contribution in [0.4, 0.5) is 5.69 Å². The predicted octanol–water partition coefficient (Wildman–Crippen LogP) is 7.89. The standard InChI is InChI=1S/C28H24Cl2N4O2/c1-3-4-6-18-9-11-19(12-10-18)34-32-23-15-17(2)22(16-24(23)33-34)31-28(35)26-14-13-25(36-26)20-7-5-8-21(29)27(20)30/h5,7-16H,3-4,6H2,1-2H3,(H,31,35). The van der Waals surface area contributed by atoms with Gasteiger partial charge in [0.2, 0.25) is 0 Å². The van der Waals surface area contributed by atoms with Crippen LogP contribution in [0, 0.1) is 6.92 Å². The van der Waals surface area contributed by atoms with E-state index < -0.39 is 0 Å². The first-order chi connectivity index (χ1) is 17.4. The number of anilines is 1. The van der Waals surface area contributed by atoms with Crippen LogP contribution in [0.1, 0.15) is 41.4 Å². The maximum Gasteiger partial charge on any atom is 0.291 e. The van der Waals surface area contributed by atoms with E-state index >= 15 is 0 Å². The maximum absolute atomic E-state index is 12.9. The molecule has 8 heteroatoms. The van der Waals surface area contributed by atoms with Crippen LogP contribution in [0.5, 0.6) is 0 Å². The fourth-order valence-corrected chi connectivity index (χ4v) is 4.37. The summed E-state index contributed by atoms with van der Waals surface area (Å²) in [6, 6.07) is 20.6. The second kappa shape index (κ2) is 10.2. The van der Waals surface area contributed by atoms with Gasteiger partial charge < -0.3 is 9.73 Å². The Balaban J connectivity index is 1.36. The van der Waals surface area contributed by atoms with Crippen molar-refractivity contribution >= 4 is 45.8 Å². The van der Waals surface area contributed by atoms with E-state index in [0.29, 0.717) is 32.6 Å². The zero-order valence-corrected chi connectivity index (χ0v) is 21.4. The molecule has 1 N–H and O–H groups in total. The van der Waals surface area contributed by atoms with Crippen LogP contribution in [0.3, 0.4) is 0 Å². The van der Waals surface area contributed by atoms with Gasteiger partial charge in [-0.1, -0.05) is 54.7 Å². The third kappa shape index (κ3) is 4.87. The Morgan fingerprint density at radius 1 is 1.00 bits per heavy atom. The van der Waals surface area contributed by atoms with Crippen LogP contribution in [0.25, 0.3) is 28.0 Å². The number of carbonyl (C=O) groups is 1. The number of aryl methyl sites for hydroxylation is 2. The molecular weight excluding hydrogens is 495 g/mol. The molecule has 0 saturated carbocycles. The molecule has 0 spiro atoms. The van der Waals surface area contributed by atoms with Crippen molar-refractivity contribution in [2.45, 2.75) is 33.1 Å². The fraction of sp³-hybridized carbons (Fsp3) is 0.179. The number of furan rings is 1. The molecule has 0 radical (unpaired) electrons. The number of nitrogens with zero attached hydrogens (tertiary/aromatic N) is 3. The van der Waals surface area contributed by atoms with E-state index in [4.69, 9.17) is 27.6 Å². The number of aromatic nitrogens is 3. The van der Waals surface area contributed by atoms with Crippen molar-refractivity contribution in [3.63, 3.8) is 0 Å². The Labute approximate surface area is 218 Å². The second-order valence-corrected chi connectivity index (χ2v) is 9.42. The molecule has 182 valence electrons. The van der Waals surface area contributed by atoms with Crippen LogP contribution >= 0.6 is 23.2 Å².